The Balaban J connectivity index is 2.59. The predicted molar refractivity (Wildman–Crippen MR) is 80.1 cm³/mol. The zero-order chi connectivity index (χ0) is 16.7. The van der Waals surface area contributed by atoms with Crippen molar-refractivity contribution in [2.75, 3.05) is 7.11 Å². The summed E-state index contributed by atoms with van der Waals surface area (Å²) in [5.41, 5.74) is 5.82. The highest BCUT2D eigenvalue weighted by Gasteiger charge is 2.40. The number of aromatic nitrogens is 1. The van der Waals surface area contributed by atoms with Crippen molar-refractivity contribution in [2.24, 2.45) is 5.73 Å². The number of allylic oxidation sites excluding steroid dienone is 1. The van der Waals surface area contributed by atoms with E-state index in [1.807, 2.05) is 0 Å². The number of hydrogen-bond donors (Lipinski definition) is 2. The second-order valence-electron chi connectivity index (χ2n) is 5.64. The Kier molecular flexibility index (Phi) is 4.00. The molecule has 0 amide bonds. The van der Waals surface area contributed by atoms with Gasteiger partial charge < -0.3 is 15.5 Å². The minimum absolute atomic E-state index is 0.0559. The van der Waals surface area contributed by atoms with Crippen LogP contribution in [-0.4, -0.2) is 17.6 Å². The van der Waals surface area contributed by atoms with Crippen molar-refractivity contribution in [3.05, 3.63) is 53.1 Å². The van der Waals surface area contributed by atoms with E-state index in [9.17, 15) is 13.2 Å². The first-order valence-corrected chi connectivity index (χ1v) is 6.77. The number of alkyl halides is 3. The van der Waals surface area contributed by atoms with E-state index in [1.165, 1.54) is 7.11 Å². The van der Waals surface area contributed by atoms with Crippen molar-refractivity contribution in [1.29, 1.82) is 0 Å². The van der Waals surface area contributed by atoms with Crippen molar-refractivity contribution in [2.45, 2.75) is 31.5 Å². The lowest BCUT2D eigenvalue weighted by Crippen LogP contribution is -2.43. The van der Waals surface area contributed by atoms with Gasteiger partial charge in [0.1, 0.15) is 5.76 Å². The van der Waals surface area contributed by atoms with Gasteiger partial charge in [-0.25, -0.2) is 0 Å². The summed E-state index contributed by atoms with van der Waals surface area (Å²) >= 11 is 0. The summed E-state index contributed by atoms with van der Waals surface area (Å²) in [6.07, 6.45) is 0.198. The van der Waals surface area contributed by atoms with Crippen LogP contribution in [0.3, 0.4) is 0 Å². The molecule has 0 spiro atoms. The van der Waals surface area contributed by atoms with Crippen LogP contribution in [0.25, 0.3) is 6.08 Å². The highest BCUT2D eigenvalue weighted by molar-refractivity contribution is 5.53. The summed E-state index contributed by atoms with van der Waals surface area (Å²) in [5, 5.41) is 0. The van der Waals surface area contributed by atoms with Crippen molar-refractivity contribution in [1.82, 2.24) is 4.98 Å². The average Bonchev–Trinajstić information content (AvgIpc) is 2.82. The number of rotatable bonds is 3. The zero-order valence-electron chi connectivity index (χ0n) is 12.7. The molecule has 22 heavy (non-hydrogen) atoms. The molecule has 3 N–H and O–H groups in total. The molecule has 2 rings (SSSR count). The lowest BCUT2D eigenvalue weighted by atomic mass is 9.75. The van der Waals surface area contributed by atoms with Gasteiger partial charge in [0.2, 0.25) is 0 Å². The molecule has 6 heteroatoms. The van der Waals surface area contributed by atoms with Crippen LogP contribution >= 0.6 is 0 Å². The Bertz CT molecular complexity index is 651. The first-order valence-electron chi connectivity index (χ1n) is 6.77. The largest absolute Gasteiger partial charge is 0.497 e. The SMILES string of the molecule is C=Cc1[nH]c(C2C(C)=C(OC)C=CC2(C)N)cc1C(F)(F)F. The summed E-state index contributed by atoms with van der Waals surface area (Å²) in [4.78, 5) is 2.80. The molecule has 0 radical (unpaired) electrons. The summed E-state index contributed by atoms with van der Waals surface area (Å²) < 4.78 is 44.6. The van der Waals surface area contributed by atoms with E-state index in [0.717, 1.165) is 17.7 Å². The fraction of sp³-hybridized carbons (Fsp3) is 0.375. The molecule has 120 valence electrons. The molecule has 1 aromatic heterocycles. The number of methoxy groups -OCH3 is 1. The molecule has 0 bridgehead atoms. The highest BCUT2D eigenvalue weighted by atomic mass is 19.4. The van der Waals surface area contributed by atoms with E-state index in [1.54, 1.807) is 26.0 Å². The van der Waals surface area contributed by atoms with Crippen molar-refractivity contribution < 1.29 is 17.9 Å². The van der Waals surface area contributed by atoms with E-state index in [-0.39, 0.29) is 5.69 Å². The number of nitrogens with one attached hydrogen (secondary N) is 1. The third kappa shape index (κ3) is 2.70. The van der Waals surface area contributed by atoms with E-state index in [4.69, 9.17) is 10.5 Å². The molecule has 0 saturated heterocycles. The average molecular weight is 312 g/mol. The van der Waals surface area contributed by atoms with Crippen molar-refractivity contribution >= 4 is 6.08 Å². The molecule has 1 heterocycles. The molecule has 2 atom stereocenters. The number of aromatic amines is 1. The topological polar surface area (TPSA) is 51.0 Å². The molecule has 0 aliphatic heterocycles. The maximum absolute atomic E-state index is 13.1. The second kappa shape index (κ2) is 5.35. The quantitative estimate of drug-likeness (QED) is 0.887. The Hall–Kier alpha value is -1.95. The molecule has 0 aromatic carbocycles. The molecule has 0 fully saturated rings. The van der Waals surface area contributed by atoms with Gasteiger partial charge in [0.15, 0.2) is 0 Å². The fourth-order valence-electron chi connectivity index (χ4n) is 2.93. The molecular formula is C16H19F3N2O. The first kappa shape index (κ1) is 16.4. The van der Waals surface area contributed by atoms with Gasteiger partial charge >= 0.3 is 6.18 Å². The third-order valence-electron chi connectivity index (χ3n) is 3.95. The van der Waals surface area contributed by atoms with Crippen molar-refractivity contribution in [3.63, 3.8) is 0 Å². The Morgan fingerprint density at radius 2 is 2.09 bits per heavy atom. The molecule has 1 aromatic rings. The van der Waals surface area contributed by atoms with Gasteiger partial charge in [0.25, 0.3) is 0 Å². The maximum atomic E-state index is 13.1. The van der Waals surface area contributed by atoms with Gasteiger partial charge in [0, 0.05) is 22.8 Å². The fourth-order valence-corrected chi connectivity index (χ4v) is 2.93. The van der Waals surface area contributed by atoms with Crippen LogP contribution in [0.15, 0.2) is 36.1 Å². The van der Waals surface area contributed by atoms with Gasteiger partial charge in [-0.3, -0.25) is 0 Å². The number of hydrogen-bond acceptors (Lipinski definition) is 2. The summed E-state index contributed by atoms with van der Waals surface area (Å²) in [7, 11) is 1.52. The second-order valence-corrected chi connectivity index (χ2v) is 5.64. The summed E-state index contributed by atoms with van der Waals surface area (Å²) in [6.45, 7) is 7.01. The van der Waals surface area contributed by atoms with E-state index in [2.05, 4.69) is 11.6 Å². The van der Waals surface area contributed by atoms with E-state index in [0.29, 0.717) is 11.5 Å². The Morgan fingerprint density at radius 3 is 2.55 bits per heavy atom. The molecular weight excluding hydrogens is 293 g/mol. The lowest BCUT2D eigenvalue weighted by Gasteiger charge is -2.35. The van der Waals surface area contributed by atoms with Crippen LogP contribution in [0.5, 0.6) is 0 Å². The van der Waals surface area contributed by atoms with Crippen LogP contribution in [-0.2, 0) is 10.9 Å². The van der Waals surface area contributed by atoms with Crippen LogP contribution in [0.4, 0.5) is 13.2 Å². The summed E-state index contributed by atoms with van der Waals surface area (Å²) in [6, 6.07) is 1.10. The molecule has 1 aliphatic carbocycles. The smallest absolute Gasteiger partial charge is 0.418 e. The minimum atomic E-state index is -4.45. The number of nitrogens with two attached hydrogens (primary N) is 1. The lowest BCUT2D eigenvalue weighted by molar-refractivity contribution is -0.137. The number of halogens is 3. The number of H-pyrrole nitrogens is 1. The van der Waals surface area contributed by atoms with Gasteiger partial charge in [-0.1, -0.05) is 12.7 Å². The predicted octanol–water partition coefficient (Wildman–Crippen LogP) is 3.97. The zero-order valence-corrected chi connectivity index (χ0v) is 12.7. The van der Waals surface area contributed by atoms with Gasteiger partial charge in [-0.15, -0.1) is 0 Å². The van der Waals surface area contributed by atoms with Crippen LogP contribution in [0.1, 0.15) is 36.7 Å². The minimum Gasteiger partial charge on any atom is -0.497 e. The van der Waals surface area contributed by atoms with Gasteiger partial charge in [-0.05, 0) is 37.6 Å². The highest BCUT2D eigenvalue weighted by Crippen LogP contribution is 2.42. The Labute approximate surface area is 127 Å². The summed E-state index contributed by atoms with van der Waals surface area (Å²) in [5.74, 6) is 0.165. The molecule has 0 saturated carbocycles. The van der Waals surface area contributed by atoms with Gasteiger partial charge in [0.05, 0.1) is 12.7 Å². The third-order valence-corrected chi connectivity index (χ3v) is 3.95. The maximum Gasteiger partial charge on any atom is 0.418 e. The van der Waals surface area contributed by atoms with Crippen molar-refractivity contribution in [3.8, 4) is 0 Å². The van der Waals surface area contributed by atoms with Gasteiger partial charge in [-0.2, -0.15) is 13.2 Å². The van der Waals surface area contributed by atoms with E-state index < -0.39 is 23.2 Å². The van der Waals surface area contributed by atoms with Crippen LogP contribution in [0, 0.1) is 0 Å². The Morgan fingerprint density at radius 1 is 1.45 bits per heavy atom. The number of ether oxygens (including phenoxy) is 1. The normalized spacial score (nSPS) is 25.5. The standard InChI is InChI=1S/C16H19F3N2O/c1-5-11-10(16(17,18)19)8-12(21-11)14-9(2)13(22-4)6-7-15(14,3)20/h5-8,14,21H,1,20H2,2-4H3. The molecule has 3 nitrogen and oxygen atoms in total. The monoisotopic (exact) mass is 312 g/mol. The molecule has 1 aliphatic rings. The first-order chi connectivity index (χ1) is 10.1. The van der Waals surface area contributed by atoms with Crippen LogP contribution in [0.2, 0.25) is 0 Å². The molecule has 2 unspecified atom stereocenters. The van der Waals surface area contributed by atoms with Crippen LogP contribution < -0.4 is 5.73 Å². The van der Waals surface area contributed by atoms with E-state index >= 15 is 0 Å².